The standard InChI is InChI=1S/C15H24N2O3/c1-4-20-15(19)11-9-16-17(14(11)10(2)3)12-7-5-6-8-13(12)18/h9-10,12-13,18H,4-8H2,1-3H3. The maximum atomic E-state index is 12.0. The van der Waals surface area contributed by atoms with Gasteiger partial charge in [0.05, 0.1) is 30.6 Å². The highest BCUT2D eigenvalue weighted by atomic mass is 16.5. The zero-order chi connectivity index (χ0) is 14.7. The van der Waals surface area contributed by atoms with Crippen LogP contribution in [0, 0.1) is 0 Å². The van der Waals surface area contributed by atoms with E-state index < -0.39 is 0 Å². The summed E-state index contributed by atoms with van der Waals surface area (Å²) in [6, 6.07) is -0.0238. The Bertz CT molecular complexity index is 468. The zero-order valence-electron chi connectivity index (χ0n) is 12.5. The van der Waals surface area contributed by atoms with Crippen molar-refractivity contribution in [1.29, 1.82) is 0 Å². The van der Waals surface area contributed by atoms with Crippen molar-refractivity contribution in [2.24, 2.45) is 0 Å². The van der Waals surface area contributed by atoms with Crippen LogP contribution < -0.4 is 0 Å². The van der Waals surface area contributed by atoms with Gasteiger partial charge in [-0.2, -0.15) is 5.10 Å². The van der Waals surface area contributed by atoms with Crippen LogP contribution in [0.15, 0.2) is 6.20 Å². The number of esters is 1. The molecule has 2 rings (SSSR count). The molecule has 0 spiro atoms. The van der Waals surface area contributed by atoms with E-state index in [1.165, 1.54) is 0 Å². The van der Waals surface area contributed by atoms with Gasteiger partial charge in [0.15, 0.2) is 0 Å². The summed E-state index contributed by atoms with van der Waals surface area (Å²) < 4.78 is 6.94. The molecule has 1 saturated carbocycles. The minimum Gasteiger partial charge on any atom is -0.462 e. The lowest BCUT2D eigenvalue weighted by atomic mass is 9.92. The maximum Gasteiger partial charge on any atom is 0.341 e. The predicted molar refractivity (Wildman–Crippen MR) is 75.8 cm³/mol. The topological polar surface area (TPSA) is 64.3 Å². The van der Waals surface area contributed by atoms with Crippen molar-refractivity contribution in [2.75, 3.05) is 6.61 Å². The van der Waals surface area contributed by atoms with Crippen molar-refractivity contribution in [2.45, 2.75) is 64.5 Å². The summed E-state index contributed by atoms with van der Waals surface area (Å²) in [5.74, 6) is -0.168. The fourth-order valence-electron chi connectivity index (χ4n) is 2.95. The first-order chi connectivity index (χ1) is 9.56. The monoisotopic (exact) mass is 280 g/mol. The van der Waals surface area contributed by atoms with Gasteiger partial charge in [-0.15, -0.1) is 0 Å². The van der Waals surface area contributed by atoms with E-state index in [2.05, 4.69) is 5.10 Å². The smallest absolute Gasteiger partial charge is 0.341 e. The largest absolute Gasteiger partial charge is 0.462 e. The van der Waals surface area contributed by atoms with Crippen molar-refractivity contribution < 1.29 is 14.6 Å². The van der Waals surface area contributed by atoms with Crippen molar-refractivity contribution in [1.82, 2.24) is 9.78 Å². The maximum absolute atomic E-state index is 12.0. The Balaban J connectivity index is 2.36. The van der Waals surface area contributed by atoms with Crippen LogP contribution in [0.1, 0.15) is 74.5 Å². The summed E-state index contributed by atoms with van der Waals surface area (Å²) in [7, 11) is 0. The summed E-state index contributed by atoms with van der Waals surface area (Å²) in [6.45, 7) is 6.22. The van der Waals surface area contributed by atoms with Gasteiger partial charge >= 0.3 is 5.97 Å². The summed E-state index contributed by atoms with van der Waals surface area (Å²) in [6.07, 6.45) is 5.06. The Labute approximate surface area is 119 Å². The van der Waals surface area contributed by atoms with Crippen LogP contribution >= 0.6 is 0 Å². The quantitative estimate of drug-likeness (QED) is 0.861. The molecule has 0 aromatic carbocycles. The van der Waals surface area contributed by atoms with Crippen LogP contribution in [0.5, 0.6) is 0 Å². The van der Waals surface area contributed by atoms with Crippen LogP contribution in [0.3, 0.4) is 0 Å². The fraction of sp³-hybridized carbons (Fsp3) is 0.733. The van der Waals surface area contributed by atoms with Gasteiger partial charge in [-0.05, 0) is 25.7 Å². The lowest BCUT2D eigenvalue weighted by Gasteiger charge is -2.30. The Kier molecular flexibility index (Phi) is 4.81. The first-order valence-electron chi connectivity index (χ1n) is 7.48. The second-order valence-electron chi connectivity index (χ2n) is 5.68. The molecule has 5 heteroatoms. The first-order valence-corrected chi connectivity index (χ1v) is 7.48. The normalized spacial score (nSPS) is 23.1. The molecule has 1 N–H and O–H groups in total. The fourth-order valence-corrected chi connectivity index (χ4v) is 2.95. The van der Waals surface area contributed by atoms with E-state index in [1.807, 2.05) is 18.5 Å². The van der Waals surface area contributed by atoms with Gasteiger partial charge in [-0.25, -0.2) is 4.79 Å². The lowest BCUT2D eigenvalue weighted by Crippen LogP contribution is -2.30. The summed E-state index contributed by atoms with van der Waals surface area (Å²) in [4.78, 5) is 12.0. The molecule has 5 nitrogen and oxygen atoms in total. The minimum atomic E-state index is -0.379. The van der Waals surface area contributed by atoms with Crippen LogP contribution in [0.4, 0.5) is 0 Å². The molecule has 0 saturated heterocycles. The van der Waals surface area contributed by atoms with E-state index in [-0.39, 0.29) is 24.0 Å². The molecule has 0 bridgehead atoms. The van der Waals surface area contributed by atoms with Crippen molar-refractivity contribution in [3.8, 4) is 0 Å². The molecule has 1 aliphatic carbocycles. The molecule has 1 heterocycles. The van der Waals surface area contributed by atoms with Gasteiger partial charge < -0.3 is 9.84 Å². The molecular weight excluding hydrogens is 256 g/mol. The number of ether oxygens (including phenoxy) is 1. The number of hydrogen-bond acceptors (Lipinski definition) is 4. The SMILES string of the molecule is CCOC(=O)c1cnn(C2CCCCC2O)c1C(C)C. The number of nitrogens with zero attached hydrogens (tertiary/aromatic N) is 2. The lowest BCUT2D eigenvalue weighted by molar-refractivity contribution is 0.0519. The molecule has 112 valence electrons. The van der Waals surface area contributed by atoms with Gasteiger partial charge in [0.1, 0.15) is 5.56 Å². The van der Waals surface area contributed by atoms with Gasteiger partial charge in [0.2, 0.25) is 0 Å². The third-order valence-electron chi connectivity index (χ3n) is 3.88. The van der Waals surface area contributed by atoms with Crippen molar-refractivity contribution in [3.63, 3.8) is 0 Å². The van der Waals surface area contributed by atoms with Gasteiger partial charge in [-0.1, -0.05) is 26.7 Å². The second kappa shape index (κ2) is 6.39. The van der Waals surface area contributed by atoms with E-state index in [0.717, 1.165) is 31.4 Å². The van der Waals surface area contributed by atoms with Crippen molar-refractivity contribution in [3.05, 3.63) is 17.5 Å². The number of aliphatic hydroxyl groups excluding tert-OH is 1. The Morgan fingerprint density at radius 1 is 1.50 bits per heavy atom. The average Bonchev–Trinajstić information content (AvgIpc) is 2.84. The summed E-state index contributed by atoms with van der Waals surface area (Å²) in [5.41, 5.74) is 1.40. The van der Waals surface area contributed by atoms with E-state index in [9.17, 15) is 9.90 Å². The molecule has 1 aromatic rings. The molecule has 1 aromatic heterocycles. The highest BCUT2D eigenvalue weighted by molar-refractivity contribution is 5.90. The summed E-state index contributed by atoms with van der Waals surface area (Å²) >= 11 is 0. The predicted octanol–water partition coefficient (Wildman–Crippen LogP) is 2.66. The van der Waals surface area contributed by atoms with E-state index >= 15 is 0 Å². The third-order valence-corrected chi connectivity index (χ3v) is 3.88. The molecule has 2 unspecified atom stereocenters. The van der Waals surface area contributed by atoms with Crippen LogP contribution in [0.2, 0.25) is 0 Å². The number of rotatable bonds is 4. The molecular formula is C15H24N2O3. The van der Waals surface area contributed by atoms with Gasteiger partial charge in [-0.3, -0.25) is 4.68 Å². The molecule has 1 fully saturated rings. The average molecular weight is 280 g/mol. The third kappa shape index (κ3) is 2.87. The Morgan fingerprint density at radius 2 is 2.20 bits per heavy atom. The number of aromatic nitrogens is 2. The van der Waals surface area contributed by atoms with E-state index in [1.54, 1.807) is 13.1 Å². The molecule has 2 atom stereocenters. The van der Waals surface area contributed by atoms with Crippen LogP contribution in [-0.2, 0) is 4.74 Å². The molecule has 0 amide bonds. The molecule has 0 aliphatic heterocycles. The molecule has 0 radical (unpaired) electrons. The van der Waals surface area contributed by atoms with Crippen LogP contribution in [0.25, 0.3) is 0 Å². The Hall–Kier alpha value is -1.36. The van der Waals surface area contributed by atoms with Gasteiger partial charge in [0, 0.05) is 0 Å². The molecule has 20 heavy (non-hydrogen) atoms. The highest BCUT2D eigenvalue weighted by Crippen LogP contribution is 2.32. The Morgan fingerprint density at radius 3 is 2.80 bits per heavy atom. The number of carbonyl (C=O) groups is 1. The van der Waals surface area contributed by atoms with E-state index in [0.29, 0.717) is 12.2 Å². The minimum absolute atomic E-state index is 0.0238. The van der Waals surface area contributed by atoms with E-state index in [4.69, 9.17) is 4.74 Å². The molecule has 1 aliphatic rings. The van der Waals surface area contributed by atoms with Gasteiger partial charge in [0.25, 0.3) is 0 Å². The highest BCUT2D eigenvalue weighted by Gasteiger charge is 2.30. The number of carbonyl (C=O) groups excluding carboxylic acids is 1. The first kappa shape index (κ1) is 15.0. The van der Waals surface area contributed by atoms with Crippen molar-refractivity contribution >= 4 is 5.97 Å². The van der Waals surface area contributed by atoms with Crippen LogP contribution in [-0.4, -0.2) is 33.6 Å². The second-order valence-corrected chi connectivity index (χ2v) is 5.68. The number of hydrogen-bond donors (Lipinski definition) is 1. The zero-order valence-corrected chi connectivity index (χ0v) is 12.5. The number of aliphatic hydroxyl groups is 1. The summed E-state index contributed by atoms with van der Waals surface area (Å²) in [5, 5.41) is 14.6.